The zero-order valence-corrected chi connectivity index (χ0v) is 12.8. The molecule has 1 aromatic carbocycles. The van der Waals surface area contributed by atoms with Crippen molar-refractivity contribution in [2.45, 2.75) is 6.92 Å². The van der Waals surface area contributed by atoms with Gasteiger partial charge in [0, 0.05) is 29.3 Å². The Hall–Kier alpha value is -2.11. The molecule has 1 heterocycles. The Kier molecular flexibility index (Phi) is 5.14. The Morgan fingerprint density at radius 1 is 1.05 bits per heavy atom. The molecule has 2 aromatic rings. The van der Waals surface area contributed by atoms with Crippen LogP contribution in [0.15, 0.2) is 42.5 Å². The van der Waals surface area contributed by atoms with Crippen molar-refractivity contribution in [2.24, 2.45) is 0 Å². The van der Waals surface area contributed by atoms with Crippen LogP contribution in [0.3, 0.4) is 0 Å². The Bertz CT molecular complexity index is 677. The summed E-state index contributed by atoms with van der Waals surface area (Å²) >= 11 is 7.21. The van der Waals surface area contributed by atoms with Gasteiger partial charge in [0.15, 0.2) is 0 Å². The highest BCUT2D eigenvalue weighted by molar-refractivity contribution is 7.17. The lowest BCUT2D eigenvalue weighted by Gasteiger charge is -2.04. The zero-order valence-electron chi connectivity index (χ0n) is 11.2. The van der Waals surface area contributed by atoms with Crippen molar-refractivity contribution < 1.29 is 9.59 Å². The number of rotatable bonds is 4. The summed E-state index contributed by atoms with van der Waals surface area (Å²) in [6.45, 7) is 1.44. The molecule has 0 bridgehead atoms. The van der Waals surface area contributed by atoms with Crippen molar-refractivity contribution in [1.29, 1.82) is 0 Å². The van der Waals surface area contributed by atoms with Gasteiger partial charge in [-0.15, -0.1) is 11.3 Å². The number of hydrogen-bond donors (Lipinski definition) is 2. The molecular formula is C15H13ClN2O2S. The quantitative estimate of drug-likeness (QED) is 0.836. The molecule has 0 aliphatic heterocycles. The fraction of sp³-hybridized carbons (Fsp3) is 0.0667. The van der Waals surface area contributed by atoms with Gasteiger partial charge in [0.2, 0.25) is 11.8 Å². The van der Waals surface area contributed by atoms with Crippen molar-refractivity contribution in [1.82, 2.24) is 0 Å². The standard InChI is InChI=1S/C15H13ClN2O2S/c1-10(19)17-11-2-4-12(5-3-11)18-15(20)9-7-13-6-8-14(16)21-13/h2-9H,1H3,(H,17,19)(H,18,20)/b9-7+. The Morgan fingerprint density at radius 2 is 1.67 bits per heavy atom. The van der Waals surface area contributed by atoms with E-state index < -0.39 is 0 Å². The Labute approximate surface area is 131 Å². The van der Waals surface area contributed by atoms with E-state index in [-0.39, 0.29) is 11.8 Å². The molecule has 0 atom stereocenters. The van der Waals surface area contributed by atoms with Crippen LogP contribution in [-0.2, 0) is 9.59 Å². The fourth-order valence-corrected chi connectivity index (χ4v) is 2.56. The number of benzene rings is 1. The van der Waals surface area contributed by atoms with E-state index in [1.807, 2.05) is 6.07 Å². The number of hydrogen-bond acceptors (Lipinski definition) is 3. The summed E-state index contributed by atoms with van der Waals surface area (Å²) in [5.74, 6) is -0.365. The minimum Gasteiger partial charge on any atom is -0.326 e. The van der Waals surface area contributed by atoms with Crippen LogP contribution in [0.5, 0.6) is 0 Å². The maximum absolute atomic E-state index is 11.8. The van der Waals surface area contributed by atoms with Gasteiger partial charge in [-0.1, -0.05) is 11.6 Å². The van der Waals surface area contributed by atoms with Crippen molar-refractivity contribution in [2.75, 3.05) is 10.6 Å². The molecule has 6 heteroatoms. The summed E-state index contributed by atoms with van der Waals surface area (Å²) in [6, 6.07) is 10.5. The summed E-state index contributed by atoms with van der Waals surface area (Å²) in [6.07, 6.45) is 3.15. The molecule has 2 rings (SSSR count). The number of nitrogens with one attached hydrogen (secondary N) is 2. The second-order valence-electron chi connectivity index (χ2n) is 4.22. The van der Waals surface area contributed by atoms with Gasteiger partial charge in [-0.2, -0.15) is 0 Å². The van der Waals surface area contributed by atoms with Crippen LogP contribution in [0.1, 0.15) is 11.8 Å². The highest BCUT2D eigenvalue weighted by Gasteiger charge is 2.00. The molecular weight excluding hydrogens is 308 g/mol. The largest absolute Gasteiger partial charge is 0.326 e. The summed E-state index contributed by atoms with van der Waals surface area (Å²) < 4.78 is 0.684. The van der Waals surface area contributed by atoms with Crippen molar-refractivity contribution >= 4 is 52.2 Å². The van der Waals surface area contributed by atoms with Crippen LogP contribution in [0.4, 0.5) is 11.4 Å². The molecule has 21 heavy (non-hydrogen) atoms. The van der Waals surface area contributed by atoms with E-state index in [0.29, 0.717) is 15.7 Å². The monoisotopic (exact) mass is 320 g/mol. The topological polar surface area (TPSA) is 58.2 Å². The van der Waals surface area contributed by atoms with Crippen LogP contribution >= 0.6 is 22.9 Å². The first-order valence-corrected chi connectivity index (χ1v) is 7.34. The predicted octanol–water partition coefficient (Wildman–Crippen LogP) is 4.01. The third-order valence-corrected chi connectivity index (χ3v) is 3.66. The van der Waals surface area contributed by atoms with Gasteiger partial charge < -0.3 is 10.6 Å². The van der Waals surface area contributed by atoms with Gasteiger partial charge in [0.25, 0.3) is 0 Å². The minimum absolute atomic E-state index is 0.135. The van der Waals surface area contributed by atoms with Gasteiger partial charge >= 0.3 is 0 Å². The van der Waals surface area contributed by atoms with E-state index in [1.165, 1.54) is 24.3 Å². The van der Waals surface area contributed by atoms with E-state index in [4.69, 9.17) is 11.6 Å². The zero-order chi connectivity index (χ0) is 15.2. The smallest absolute Gasteiger partial charge is 0.248 e. The van der Waals surface area contributed by atoms with Crippen LogP contribution in [0.2, 0.25) is 4.34 Å². The van der Waals surface area contributed by atoms with Gasteiger partial charge in [-0.25, -0.2) is 0 Å². The highest BCUT2D eigenvalue weighted by Crippen LogP contribution is 2.22. The maximum Gasteiger partial charge on any atom is 0.248 e. The SMILES string of the molecule is CC(=O)Nc1ccc(NC(=O)/C=C/c2ccc(Cl)s2)cc1. The lowest BCUT2D eigenvalue weighted by Crippen LogP contribution is -2.08. The number of amides is 2. The lowest BCUT2D eigenvalue weighted by atomic mass is 10.2. The molecule has 0 radical (unpaired) electrons. The number of halogens is 1. The summed E-state index contributed by atoms with van der Waals surface area (Å²) in [5, 5.41) is 5.39. The molecule has 0 aliphatic carbocycles. The van der Waals surface area contributed by atoms with Crippen molar-refractivity contribution in [3.05, 3.63) is 51.7 Å². The van der Waals surface area contributed by atoms with Crippen molar-refractivity contribution in [3.8, 4) is 0 Å². The number of carbonyl (C=O) groups excluding carboxylic acids is 2. The molecule has 1 aromatic heterocycles. The Balaban J connectivity index is 1.93. The second kappa shape index (κ2) is 7.06. The van der Waals surface area contributed by atoms with E-state index in [9.17, 15) is 9.59 Å². The highest BCUT2D eigenvalue weighted by atomic mass is 35.5. The average Bonchev–Trinajstić information content (AvgIpc) is 2.84. The van der Waals surface area contributed by atoms with Crippen molar-refractivity contribution in [3.63, 3.8) is 0 Å². The van der Waals surface area contributed by atoms with E-state index in [2.05, 4.69) is 10.6 Å². The third kappa shape index (κ3) is 5.06. The average molecular weight is 321 g/mol. The molecule has 0 spiro atoms. The first-order valence-electron chi connectivity index (χ1n) is 6.15. The van der Waals surface area contributed by atoms with E-state index in [0.717, 1.165) is 4.88 Å². The number of anilines is 2. The summed E-state index contributed by atoms with van der Waals surface area (Å²) in [4.78, 5) is 23.6. The Morgan fingerprint density at radius 3 is 2.19 bits per heavy atom. The number of carbonyl (C=O) groups is 2. The van der Waals surface area contributed by atoms with Crippen LogP contribution < -0.4 is 10.6 Å². The summed E-state index contributed by atoms with van der Waals surface area (Å²) in [7, 11) is 0. The molecule has 2 N–H and O–H groups in total. The van der Waals surface area contributed by atoms with Gasteiger partial charge in [0.05, 0.1) is 4.34 Å². The van der Waals surface area contributed by atoms with E-state index >= 15 is 0 Å². The maximum atomic E-state index is 11.8. The second-order valence-corrected chi connectivity index (χ2v) is 5.97. The molecule has 0 saturated heterocycles. The van der Waals surface area contributed by atoms with Gasteiger partial charge in [0.1, 0.15) is 0 Å². The molecule has 0 fully saturated rings. The van der Waals surface area contributed by atoms with Crippen LogP contribution in [0.25, 0.3) is 6.08 Å². The molecule has 4 nitrogen and oxygen atoms in total. The normalized spacial score (nSPS) is 10.6. The molecule has 0 saturated carbocycles. The predicted molar refractivity (Wildman–Crippen MR) is 87.7 cm³/mol. The first-order chi connectivity index (χ1) is 10.0. The number of thiophene rings is 1. The fourth-order valence-electron chi connectivity index (χ4n) is 1.60. The first kappa shape index (κ1) is 15.3. The molecule has 108 valence electrons. The van der Waals surface area contributed by atoms with Crippen LogP contribution in [-0.4, -0.2) is 11.8 Å². The third-order valence-electron chi connectivity index (χ3n) is 2.47. The lowest BCUT2D eigenvalue weighted by molar-refractivity contribution is -0.114. The molecule has 0 aliphatic rings. The molecule has 0 unspecified atom stereocenters. The molecule has 2 amide bonds. The summed E-state index contributed by atoms with van der Waals surface area (Å²) in [5.41, 5.74) is 1.34. The minimum atomic E-state index is -0.230. The van der Waals surface area contributed by atoms with E-state index in [1.54, 1.807) is 36.4 Å². The van der Waals surface area contributed by atoms with Gasteiger partial charge in [-0.3, -0.25) is 9.59 Å². The van der Waals surface area contributed by atoms with Crippen LogP contribution in [0, 0.1) is 0 Å². The van der Waals surface area contributed by atoms with Gasteiger partial charge in [-0.05, 0) is 42.5 Å².